The molecule has 1 aliphatic rings. The van der Waals surface area contributed by atoms with Crippen LogP contribution < -0.4 is 15.4 Å². The summed E-state index contributed by atoms with van der Waals surface area (Å²) in [5.74, 6) is 0.567. The molecule has 0 radical (unpaired) electrons. The van der Waals surface area contributed by atoms with Crippen molar-refractivity contribution in [3.05, 3.63) is 117 Å². The quantitative estimate of drug-likeness (QED) is 0.195. The highest BCUT2D eigenvalue weighted by Crippen LogP contribution is 2.26. The molecule has 1 saturated heterocycles. The predicted molar refractivity (Wildman–Crippen MR) is 177 cm³/mol. The first-order chi connectivity index (χ1) is 21.5. The van der Waals surface area contributed by atoms with E-state index >= 15 is 0 Å². The number of Topliss-reactive ketones (excluding diaryl/α,β-unsaturated/α-hetero) is 1. The van der Waals surface area contributed by atoms with E-state index in [1.807, 2.05) is 49.9 Å². The van der Waals surface area contributed by atoms with Crippen LogP contribution in [0.2, 0.25) is 10.0 Å². The fourth-order valence-corrected chi connectivity index (χ4v) is 5.31. The number of carbonyl (C=O) groups is 3. The van der Waals surface area contributed by atoms with Gasteiger partial charge >= 0.3 is 0 Å². The van der Waals surface area contributed by atoms with Gasteiger partial charge in [0.15, 0.2) is 5.78 Å². The lowest BCUT2D eigenvalue weighted by Gasteiger charge is -2.36. The van der Waals surface area contributed by atoms with Crippen molar-refractivity contribution in [2.45, 2.75) is 33.2 Å². The second-order valence-electron chi connectivity index (χ2n) is 11.9. The number of hydrogen-bond donors (Lipinski definition) is 2. The van der Waals surface area contributed by atoms with Crippen LogP contribution in [0.1, 0.15) is 57.4 Å². The number of aromatic nitrogens is 1. The van der Waals surface area contributed by atoms with Crippen molar-refractivity contribution in [1.82, 2.24) is 15.2 Å². The molecule has 2 N–H and O–H groups in total. The molecule has 10 heteroatoms. The zero-order valence-electron chi connectivity index (χ0n) is 25.3. The summed E-state index contributed by atoms with van der Waals surface area (Å²) < 4.78 is 5.86. The van der Waals surface area contributed by atoms with E-state index in [-0.39, 0.29) is 23.6 Å². The first kappa shape index (κ1) is 32.2. The van der Waals surface area contributed by atoms with E-state index in [9.17, 15) is 14.4 Å². The van der Waals surface area contributed by atoms with E-state index in [1.54, 1.807) is 48.5 Å². The molecule has 0 spiro atoms. The van der Waals surface area contributed by atoms with Gasteiger partial charge in [-0.05, 0) is 60.5 Å². The van der Waals surface area contributed by atoms with Gasteiger partial charge in [0.1, 0.15) is 5.75 Å². The number of halogens is 2. The highest BCUT2D eigenvalue weighted by Gasteiger charge is 2.28. The van der Waals surface area contributed by atoms with Crippen LogP contribution in [0.5, 0.6) is 11.6 Å². The van der Waals surface area contributed by atoms with Crippen LogP contribution in [-0.2, 0) is 6.42 Å². The topological polar surface area (TPSA) is 101 Å². The molecule has 1 aliphatic heterocycles. The van der Waals surface area contributed by atoms with Gasteiger partial charge in [-0.1, -0.05) is 68.2 Å². The number of amides is 2. The summed E-state index contributed by atoms with van der Waals surface area (Å²) in [7, 11) is 0. The maximum atomic E-state index is 13.5. The molecule has 1 unspecified atom stereocenters. The molecule has 0 aliphatic carbocycles. The summed E-state index contributed by atoms with van der Waals surface area (Å²) in [5.41, 5.74) is 2.75. The number of hydrogen-bond acceptors (Lipinski definition) is 6. The highest BCUT2D eigenvalue weighted by atomic mass is 35.5. The van der Waals surface area contributed by atoms with Gasteiger partial charge in [-0.15, -0.1) is 0 Å². The Morgan fingerprint density at radius 3 is 2.24 bits per heavy atom. The number of piperazine rings is 1. The Kier molecular flexibility index (Phi) is 9.87. The first-order valence-electron chi connectivity index (χ1n) is 14.6. The average Bonchev–Trinajstić information content (AvgIpc) is 3.03. The molecule has 1 fully saturated rings. The molecule has 4 aromatic rings. The standard InChI is InChI=1S/C35H34Cl2N4O4/c1-35(2,3)32(42)23-6-4-22(5-7-23)18-27-21-38-16-17-41(27)34(44)24-8-12-28(13-9-24)45-31-15-11-26(20-39-31)40-33(43)25-10-14-29(36)30(37)19-25/h4-15,19-20,27,38H,16-18,21H2,1-3H3,(H,40,43). The number of ether oxygens (including phenoxy) is 1. The minimum absolute atomic E-state index is 0.0220. The monoisotopic (exact) mass is 644 g/mol. The van der Waals surface area contributed by atoms with Gasteiger partial charge in [-0.3, -0.25) is 14.4 Å². The number of nitrogens with zero attached hydrogens (tertiary/aromatic N) is 2. The predicted octanol–water partition coefficient (Wildman–Crippen LogP) is 7.32. The molecular weight excluding hydrogens is 611 g/mol. The minimum Gasteiger partial charge on any atom is -0.439 e. The molecule has 1 atom stereocenters. The molecule has 5 rings (SSSR count). The summed E-state index contributed by atoms with van der Waals surface area (Å²) in [5, 5.41) is 6.82. The van der Waals surface area contributed by atoms with Gasteiger partial charge < -0.3 is 20.3 Å². The van der Waals surface area contributed by atoms with Crippen molar-refractivity contribution in [3.8, 4) is 11.6 Å². The number of pyridine rings is 1. The average molecular weight is 646 g/mol. The molecular formula is C35H34Cl2N4O4. The zero-order valence-corrected chi connectivity index (χ0v) is 26.8. The number of benzene rings is 3. The van der Waals surface area contributed by atoms with Crippen molar-refractivity contribution < 1.29 is 19.1 Å². The smallest absolute Gasteiger partial charge is 0.255 e. The van der Waals surface area contributed by atoms with Crippen molar-refractivity contribution in [3.63, 3.8) is 0 Å². The largest absolute Gasteiger partial charge is 0.439 e. The normalized spacial score (nSPS) is 15.0. The molecule has 45 heavy (non-hydrogen) atoms. The Morgan fingerprint density at radius 1 is 0.911 bits per heavy atom. The van der Waals surface area contributed by atoms with E-state index in [4.69, 9.17) is 27.9 Å². The lowest BCUT2D eigenvalue weighted by molar-refractivity contribution is 0.0635. The summed E-state index contributed by atoms with van der Waals surface area (Å²) in [4.78, 5) is 44.8. The van der Waals surface area contributed by atoms with E-state index in [1.165, 1.54) is 12.3 Å². The van der Waals surface area contributed by atoms with Gasteiger partial charge in [0.25, 0.3) is 11.8 Å². The lowest BCUT2D eigenvalue weighted by atomic mass is 9.86. The van der Waals surface area contributed by atoms with Crippen LogP contribution in [0.3, 0.4) is 0 Å². The Bertz CT molecular complexity index is 1690. The van der Waals surface area contributed by atoms with Crippen LogP contribution in [0.25, 0.3) is 0 Å². The lowest BCUT2D eigenvalue weighted by Crippen LogP contribution is -2.54. The van der Waals surface area contributed by atoms with Gasteiger partial charge in [0.05, 0.1) is 21.9 Å². The van der Waals surface area contributed by atoms with Gasteiger partial charge in [-0.2, -0.15) is 0 Å². The summed E-state index contributed by atoms with van der Waals surface area (Å²) in [6, 6.07) is 22.6. The third-order valence-corrected chi connectivity index (χ3v) is 8.22. The number of rotatable bonds is 8. The zero-order chi connectivity index (χ0) is 32.1. The number of anilines is 1. The third-order valence-electron chi connectivity index (χ3n) is 7.48. The summed E-state index contributed by atoms with van der Waals surface area (Å²) in [6.07, 6.45) is 2.17. The van der Waals surface area contributed by atoms with Gasteiger partial charge in [-0.25, -0.2) is 4.98 Å². The number of ketones is 1. The Balaban J connectivity index is 1.18. The van der Waals surface area contributed by atoms with E-state index < -0.39 is 5.41 Å². The summed E-state index contributed by atoms with van der Waals surface area (Å²) in [6.45, 7) is 7.75. The van der Waals surface area contributed by atoms with Gasteiger partial charge in [0.2, 0.25) is 5.88 Å². The van der Waals surface area contributed by atoms with Crippen LogP contribution in [0, 0.1) is 5.41 Å². The van der Waals surface area contributed by atoms with E-state index in [0.717, 1.165) is 12.1 Å². The molecule has 2 heterocycles. The molecule has 0 saturated carbocycles. The highest BCUT2D eigenvalue weighted by molar-refractivity contribution is 6.42. The molecule has 232 valence electrons. The molecule has 1 aromatic heterocycles. The Hall–Kier alpha value is -4.24. The first-order valence-corrected chi connectivity index (χ1v) is 15.4. The van der Waals surface area contributed by atoms with Crippen LogP contribution >= 0.6 is 23.2 Å². The van der Waals surface area contributed by atoms with Crippen molar-refractivity contribution >= 4 is 46.5 Å². The van der Waals surface area contributed by atoms with Crippen LogP contribution in [0.15, 0.2) is 85.1 Å². The summed E-state index contributed by atoms with van der Waals surface area (Å²) >= 11 is 11.9. The van der Waals surface area contributed by atoms with E-state index in [2.05, 4.69) is 15.6 Å². The molecule has 3 aromatic carbocycles. The van der Waals surface area contributed by atoms with E-state index in [0.29, 0.717) is 63.6 Å². The maximum Gasteiger partial charge on any atom is 0.255 e. The van der Waals surface area contributed by atoms with Crippen molar-refractivity contribution in [2.24, 2.45) is 5.41 Å². The third kappa shape index (κ3) is 8.08. The van der Waals surface area contributed by atoms with Crippen molar-refractivity contribution in [2.75, 3.05) is 25.0 Å². The van der Waals surface area contributed by atoms with Gasteiger partial charge in [0, 0.05) is 53.8 Å². The second-order valence-corrected chi connectivity index (χ2v) is 12.7. The van der Waals surface area contributed by atoms with Crippen LogP contribution in [-0.4, -0.2) is 53.2 Å². The van der Waals surface area contributed by atoms with Crippen molar-refractivity contribution in [1.29, 1.82) is 0 Å². The second kappa shape index (κ2) is 13.8. The minimum atomic E-state index is -0.437. The Morgan fingerprint density at radius 2 is 1.60 bits per heavy atom. The van der Waals surface area contributed by atoms with Crippen LogP contribution in [0.4, 0.5) is 5.69 Å². The fourth-order valence-electron chi connectivity index (χ4n) is 5.02. The maximum absolute atomic E-state index is 13.5. The fraction of sp³-hybridized carbons (Fsp3) is 0.257. The molecule has 8 nitrogen and oxygen atoms in total. The molecule has 2 amide bonds. The SMILES string of the molecule is CC(C)(C)C(=O)c1ccc(CC2CNCCN2C(=O)c2ccc(Oc3ccc(NC(=O)c4ccc(Cl)c(Cl)c4)cn3)cc2)cc1. The Labute approximate surface area is 272 Å². The number of carbonyl (C=O) groups excluding carboxylic acids is 3. The number of nitrogens with one attached hydrogen (secondary N) is 2. The molecule has 0 bridgehead atoms.